The number of amides is 1. The Kier molecular flexibility index (Phi) is 7.89. The number of hydrogen-bond acceptors (Lipinski definition) is 11. The minimum Gasteiger partial charge on any atom is -0.507 e. The maximum atomic E-state index is 14.1. The zero-order chi connectivity index (χ0) is 30.5. The topological polar surface area (TPSA) is 219 Å². The number of phenolic OH excluding ortho intramolecular Hbond substituents is 1. The van der Waals surface area contributed by atoms with Crippen LogP contribution in [0.2, 0.25) is 0 Å². The summed E-state index contributed by atoms with van der Waals surface area (Å²) in [7, 11) is 2.84. The highest BCUT2D eigenvalue weighted by Gasteiger charge is 2.74. The van der Waals surface area contributed by atoms with Gasteiger partial charge >= 0.3 is 11.9 Å². The van der Waals surface area contributed by atoms with Gasteiger partial charge in [0, 0.05) is 18.8 Å². The molecular weight excluding hydrogens is 540 g/mol. The van der Waals surface area contributed by atoms with E-state index in [9.17, 15) is 43.8 Å². The molecule has 8 atom stereocenters. The molecule has 3 aliphatic carbocycles. The van der Waals surface area contributed by atoms with E-state index in [1.807, 2.05) is 0 Å². The number of phenols is 1. The number of aliphatic hydroxyl groups is 1. The van der Waals surface area contributed by atoms with Gasteiger partial charge in [0.15, 0.2) is 34.7 Å². The van der Waals surface area contributed by atoms with Crippen molar-refractivity contribution in [3.63, 3.8) is 0 Å². The molecule has 0 aromatic heterocycles. The van der Waals surface area contributed by atoms with Gasteiger partial charge in [-0.25, -0.2) is 0 Å². The van der Waals surface area contributed by atoms with Gasteiger partial charge in [-0.15, -0.1) is 0 Å². The lowest BCUT2D eigenvalue weighted by Crippen LogP contribution is -2.78. The Morgan fingerprint density at radius 2 is 1.68 bits per heavy atom. The van der Waals surface area contributed by atoms with E-state index in [1.54, 1.807) is 13.0 Å². The fourth-order valence-corrected chi connectivity index (χ4v) is 6.82. The summed E-state index contributed by atoms with van der Waals surface area (Å²) in [5, 5.41) is 31.3. The number of primary amides is 1. The van der Waals surface area contributed by atoms with Crippen molar-refractivity contribution in [2.75, 3.05) is 14.1 Å². The first-order chi connectivity index (χ1) is 19.2. The number of fused-ring (bicyclic) bond motifs is 3. The highest BCUT2D eigenvalue weighted by Crippen LogP contribution is 2.55. The molecule has 13 heteroatoms. The molecule has 0 saturated heterocycles. The van der Waals surface area contributed by atoms with Gasteiger partial charge in [0.25, 0.3) is 0 Å². The summed E-state index contributed by atoms with van der Waals surface area (Å²) in [5.74, 6) is -15.9. The van der Waals surface area contributed by atoms with Gasteiger partial charge in [0.2, 0.25) is 5.91 Å². The standard InChI is InChI=1S/C28H32N2O11/c1-11-12-7-6-8-13(31)17(12)22(35)18-16(11)24(41-15(34)10-5-4-9-14(32)33)20-21(30(2)3)23(36)19(27(29)39)26(38)28(20,40)25(18)37/h6-8,11,16,18-21,24,31,40H,4-5,9-10H2,1-3H3,(H2,29,39)(H,32,33)/t11-,16+,18?,19?,20+,21-,24-,28-/m1/s1. The number of carboxylic acids is 1. The predicted molar refractivity (Wildman–Crippen MR) is 137 cm³/mol. The minimum absolute atomic E-state index is 0.129. The molecule has 1 aromatic carbocycles. The van der Waals surface area contributed by atoms with Crippen LogP contribution >= 0.6 is 0 Å². The van der Waals surface area contributed by atoms with Crippen molar-refractivity contribution in [1.82, 2.24) is 4.90 Å². The quantitative estimate of drug-likeness (QED) is 0.178. The number of benzene rings is 1. The largest absolute Gasteiger partial charge is 0.507 e. The molecule has 3 aliphatic rings. The van der Waals surface area contributed by atoms with E-state index in [2.05, 4.69) is 0 Å². The van der Waals surface area contributed by atoms with Crippen molar-refractivity contribution in [2.24, 2.45) is 29.4 Å². The van der Waals surface area contributed by atoms with Crippen molar-refractivity contribution in [3.05, 3.63) is 29.3 Å². The number of rotatable bonds is 8. The molecule has 5 N–H and O–H groups in total. The van der Waals surface area contributed by atoms with Crippen LogP contribution in [-0.4, -0.2) is 93.0 Å². The van der Waals surface area contributed by atoms with Gasteiger partial charge in [0.05, 0.1) is 23.4 Å². The van der Waals surface area contributed by atoms with Crippen LogP contribution in [0.1, 0.15) is 54.4 Å². The summed E-state index contributed by atoms with van der Waals surface area (Å²) in [6.45, 7) is 1.64. The molecule has 1 aromatic rings. The molecule has 0 radical (unpaired) electrons. The van der Waals surface area contributed by atoms with Gasteiger partial charge in [-0.2, -0.15) is 0 Å². The van der Waals surface area contributed by atoms with Crippen LogP contribution in [0.3, 0.4) is 0 Å². The molecule has 0 bridgehead atoms. The average molecular weight is 573 g/mol. The number of unbranched alkanes of at least 4 members (excludes halogenated alkanes) is 1. The smallest absolute Gasteiger partial charge is 0.306 e. The maximum Gasteiger partial charge on any atom is 0.306 e. The Balaban J connectivity index is 1.89. The molecule has 0 aliphatic heterocycles. The molecule has 41 heavy (non-hydrogen) atoms. The summed E-state index contributed by atoms with van der Waals surface area (Å²) in [4.78, 5) is 92.4. The van der Waals surface area contributed by atoms with E-state index in [1.165, 1.54) is 31.1 Å². The number of nitrogens with zero attached hydrogens (tertiary/aromatic N) is 1. The van der Waals surface area contributed by atoms with Crippen LogP contribution in [0.5, 0.6) is 5.75 Å². The van der Waals surface area contributed by atoms with Crippen molar-refractivity contribution in [1.29, 1.82) is 0 Å². The van der Waals surface area contributed by atoms with Crippen molar-refractivity contribution in [2.45, 2.75) is 56.3 Å². The van der Waals surface area contributed by atoms with Crippen LogP contribution < -0.4 is 5.73 Å². The number of Topliss-reactive ketones (excluding diaryl/α,β-unsaturated/α-hetero) is 4. The molecule has 220 valence electrons. The van der Waals surface area contributed by atoms with E-state index in [4.69, 9.17) is 15.6 Å². The van der Waals surface area contributed by atoms with Gasteiger partial charge in [-0.3, -0.25) is 38.5 Å². The Morgan fingerprint density at radius 1 is 1.05 bits per heavy atom. The Labute approximate surface area is 234 Å². The first-order valence-corrected chi connectivity index (χ1v) is 13.2. The van der Waals surface area contributed by atoms with E-state index < -0.39 is 94.1 Å². The monoisotopic (exact) mass is 572 g/mol. The number of esters is 1. The number of carbonyl (C=O) groups excluding carboxylic acids is 6. The number of nitrogens with two attached hydrogens (primary N) is 1. The molecule has 0 heterocycles. The summed E-state index contributed by atoms with van der Waals surface area (Å²) >= 11 is 0. The zero-order valence-electron chi connectivity index (χ0n) is 22.7. The molecule has 2 saturated carbocycles. The Hall–Kier alpha value is -3.97. The highest BCUT2D eigenvalue weighted by molar-refractivity contribution is 6.32. The third-order valence-electron chi connectivity index (χ3n) is 8.61. The lowest BCUT2D eigenvalue weighted by atomic mass is 9.49. The van der Waals surface area contributed by atoms with Crippen LogP contribution in [-0.2, 0) is 33.5 Å². The second-order valence-corrected chi connectivity index (χ2v) is 11.2. The van der Waals surface area contributed by atoms with Gasteiger partial charge in [-0.1, -0.05) is 19.1 Å². The average Bonchev–Trinajstić information content (AvgIpc) is 2.88. The number of likely N-dealkylation sites (N-methyl/N-ethyl adjacent to an activating group) is 1. The zero-order valence-corrected chi connectivity index (χ0v) is 22.7. The molecule has 2 fully saturated rings. The first-order valence-electron chi connectivity index (χ1n) is 13.2. The summed E-state index contributed by atoms with van der Waals surface area (Å²) in [6, 6.07) is 2.82. The SMILES string of the molecule is C[C@@H]1c2cccc(O)c2C(=O)C2C(=O)[C@@]3(O)C(=O)C(C(N)=O)C(=O)[C@H](N(C)C)[C@H]3[C@H](OC(=O)CCCCC(=O)O)[C@H]21. The van der Waals surface area contributed by atoms with Crippen molar-refractivity contribution < 1.29 is 53.6 Å². The van der Waals surface area contributed by atoms with E-state index >= 15 is 0 Å². The van der Waals surface area contributed by atoms with Gasteiger partial charge < -0.3 is 25.8 Å². The molecule has 2 unspecified atom stereocenters. The number of ketones is 4. The van der Waals surface area contributed by atoms with Crippen molar-refractivity contribution in [3.8, 4) is 5.75 Å². The number of carbonyl (C=O) groups is 7. The molecule has 13 nitrogen and oxygen atoms in total. The van der Waals surface area contributed by atoms with Crippen LogP contribution in [0, 0.1) is 23.7 Å². The highest BCUT2D eigenvalue weighted by atomic mass is 16.5. The third kappa shape index (κ3) is 4.62. The van der Waals surface area contributed by atoms with Gasteiger partial charge in [-0.05, 0) is 44.5 Å². The number of aliphatic carboxylic acids is 1. The van der Waals surface area contributed by atoms with E-state index in [0.29, 0.717) is 5.56 Å². The third-order valence-corrected chi connectivity index (χ3v) is 8.61. The summed E-state index contributed by atoms with van der Waals surface area (Å²) in [6.07, 6.45) is -1.70. The van der Waals surface area contributed by atoms with Crippen LogP contribution in [0.25, 0.3) is 0 Å². The fourth-order valence-electron chi connectivity index (χ4n) is 6.82. The molecule has 4 rings (SSSR count). The predicted octanol–water partition coefficient (Wildman–Crippen LogP) is -0.405. The minimum atomic E-state index is -3.10. The number of carboxylic acid groups (broad SMARTS) is 1. The maximum absolute atomic E-state index is 14.1. The second-order valence-electron chi connectivity index (χ2n) is 11.2. The normalized spacial score (nSPS) is 32.7. The summed E-state index contributed by atoms with van der Waals surface area (Å²) < 4.78 is 5.83. The fraction of sp³-hybridized carbons (Fsp3) is 0.536. The Bertz CT molecular complexity index is 1350. The molecule has 0 spiro atoms. The second kappa shape index (κ2) is 10.8. The van der Waals surface area contributed by atoms with Gasteiger partial charge in [0.1, 0.15) is 11.9 Å². The first kappa shape index (κ1) is 30.0. The van der Waals surface area contributed by atoms with Crippen LogP contribution in [0.4, 0.5) is 0 Å². The lowest BCUT2D eigenvalue weighted by Gasteiger charge is -2.56. The van der Waals surface area contributed by atoms with Crippen molar-refractivity contribution >= 4 is 41.0 Å². The van der Waals surface area contributed by atoms with Crippen LogP contribution in [0.15, 0.2) is 18.2 Å². The number of hydrogen-bond donors (Lipinski definition) is 4. The Morgan fingerprint density at radius 3 is 2.27 bits per heavy atom. The molecular formula is C28H32N2O11. The van der Waals surface area contributed by atoms with E-state index in [-0.39, 0.29) is 31.2 Å². The number of ether oxygens (including phenoxy) is 1. The number of aromatic hydroxyl groups is 1. The lowest BCUT2D eigenvalue weighted by molar-refractivity contribution is -0.205. The summed E-state index contributed by atoms with van der Waals surface area (Å²) in [5.41, 5.74) is 2.43. The molecule has 1 amide bonds. The van der Waals surface area contributed by atoms with E-state index in [0.717, 1.165) is 0 Å².